The summed E-state index contributed by atoms with van der Waals surface area (Å²) in [5, 5.41) is 0. The maximum Gasteiger partial charge on any atom is 0.308 e. The fourth-order valence-electron chi connectivity index (χ4n) is 6.27. The zero-order valence-corrected chi connectivity index (χ0v) is 18.3. The van der Waals surface area contributed by atoms with Gasteiger partial charge in [-0.15, -0.1) is 0 Å². The van der Waals surface area contributed by atoms with Crippen molar-refractivity contribution in [1.82, 2.24) is 0 Å². The van der Waals surface area contributed by atoms with Gasteiger partial charge in [0.05, 0.1) is 0 Å². The molecule has 7 nitrogen and oxygen atoms in total. The minimum atomic E-state index is -0.511. The zero-order valence-electron chi connectivity index (χ0n) is 18.3. The first kappa shape index (κ1) is 21.5. The SMILES string of the molecule is CC(=O)Oc1ccc2c(c1)C(=O)C[C@H]1[C@@H]2CC[C@@]2(C)[C@@H]1C[C@@H](OC(C)=O)[C@@H]2OC(C)=O. The van der Waals surface area contributed by atoms with Gasteiger partial charge in [0.25, 0.3) is 0 Å². The van der Waals surface area contributed by atoms with Crippen LogP contribution in [0, 0.1) is 17.3 Å². The maximum atomic E-state index is 13.1. The lowest BCUT2D eigenvalue weighted by Crippen LogP contribution is -2.47. The van der Waals surface area contributed by atoms with Gasteiger partial charge in [0, 0.05) is 38.2 Å². The highest BCUT2D eigenvalue weighted by Crippen LogP contribution is 2.62. The van der Waals surface area contributed by atoms with Crippen LogP contribution in [0.25, 0.3) is 0 Å². The van der Waals surface area contributed by atoms with Crippen LogP contribution in [0.3, 0.4) is 0 Å². The van der Waals surface area contributed by atoms with Crippen LogP contribution in [0.5, 0.6) is 5.75 Å². The predicted octanol–water partition coefficient (Wildman–Crippen LogP) is 3.58. The van der Waals surface area contributed by atoms with Gasteiger partial charge in [0.1, 0.15) is 18.0 Å². The average molecular weight is 428 g/mol. The van der Waals surface area contributed by atoms with Gasteiger partial charge < -0.3 is 14.2 Å². The fourth-order valence-corrected chi connectivity index (χ4v) is 6.27. The molecule has 6 atom stereocenters. The summed E-state index contributed by atoms with van der Waals surface area (Å²) in [6.07, 6.45) is 1.58. The molecule has 166 valence electrons. The first-order chi connectivity index (χ1) is 14.6. The minimum Gasteiger partial charge on any atom is -0.459 e. The maximum absolute atomic E-state index is 13.1. The number of carbonyl (C=O) groups excluding carboxylic acids is 4. The lowest BCUT2D eigenvalue weighted by molar-refractivity contribution is -0.171. The molecule has 0 bridgehead atoms. The van der Waals surface area contributed by atoms with Gasteiger partial charge in [-0.2, -0.15) is 0 Å². The third kappa shape index (κ3) is 3.75. The first-order valence-electron chi connectivity index (χ1n) is 10.8. The smallest absolute Gasteiger partial charge is 0.308 e. The summed E-state index contributed by atoms with van der Waals surface area (Å²) in [7, 11) is 0. The van der Waals surface area contributed by atoms with Gasteiger partial charge in [0.2, 0.25) is 0 Å². The molecule has 1 aromatic rings. The van der Waals surface area contributed by atoms with Crippen LogP contribution in [-0.2, 0) is 23.9 Å². The van der Waals surface area contributed by atoms with Crippen LogP contribution < -0.4 is 4.74 Å². The highest BCUT2D eigenvalue weighted by Gasteiger charge is 2.61. The summed E-state index contributed by atoms with van der Waals surface area (Å²) >= 11 is 0. The van der Waals surface area contributed by atoms with E-state index in [9.17, 15) is 19.2 Å². The Hall–Kier alpha value is -2.70. The summed E-state index contributed by atoms with van der Waals surface area (Å²) in [5.41, 5.74) is 1.25. The van der Waals surface area contributed by atoms with E-state index in [2.05, 4.69) is 6.92 Å². The van der Waals surface area contributed by atoms with Gasteiger partial charge in [-0.3, -0.25) is 19.2 Å². The number of Topliss-reactive ketones (excluding diaryl/α,β-unsaturated/α-hetero) is 1. The summed E-state index contributed by atoms with van der Waals surface area (Å²) in [5.74, 6) is -0.459. The summed E-state index contributed by atoms with van der Waals surface area (Å²) in [6, 6.07) is 5.30. The molecular weight excluding hydrogens is 400 g/mol. The minimum absolute atomic E-state index is 0.0227. The second-order valence-corrected chi connectivity index (χ2v) is 9.30. The molecule has 0 radical (unpaired) electrons. The van der Waals surface area contributed by atoms with Gasteiger partial charge in [-0.1, -0.05) is 13.0 Å². The zero-order chi connectivity index (χ0) is 22.5. The van der Waals surface area contributed by atoms with E-state index in [1.165, 1.54) is 20.8 Å². The molecule has 0 amide bonds. The lowest BCUT2D eigenvalue weighted by atomic mass is 9.55. The van der Waals surface area contributed by atoms with Crippen molar-refractivity contribution >= 4 is 23.7 Å². The molecule has 0 N–H and O–H groups in total. The van der Waals surface area contributed by atoms with Gasteiger partial charge >= 0.3 is 17.9 Å². The standard InChI is InChI=1S/C24H28O7/c1-12(25)29-15-5-6-16-17-7-8-24(4)20(18(17)10-21(28)19(16)9-15)11-22(30-13(2)26)23(24)31-14(3)27/h5-6,9,17-18,20,22-23H,7-8,10-11H2,1-4H3/t17-,18+,20-,22-,23+,24+/m1/s1. The Morgan fingerprint density at radius 3 is 2.39 bits per heavy atom. The second kappa shape index (κ2) is 7.77. The van der Waals surface area contributed by atoms with Crippen LogP contribution in [0.1, 0.15) is 75.2 Å². The highest BCUT2D eigenvalue weighted by molar-refractivity contribution is 5.99. The van der Waals surface area contributed by atoms with Crippen LogP contribution in [0.2, 0.25) is 0 Å². The van der Waals surface area contributed by atoms with E-state index < -0.39 is 30.1 Å². The third-order valence-electron chi connectivity index (χ3n) is 7.37. The first-order valence-corrected chi connectivity index (χ1v) is 10.8. The Kier molecular flexibility index (Phi) is 5.40. The summed E-state index contributed by atoms with van der Waals surface area (Å²) < 4.78 is 16.4. The number of hydrogen-bond donors (Lipinski definition) is 0. The molecule has 4 rings (SSSR count). The molecule has 0 aliphatic heterocycles. The van der Waals surface area contributed by atoms with E-state index in [0.29, 0.717) is 24.2 Å². The number of hydrogen-bond acceptors (Lipinski definition) is 7. The van der Waals surface area contributed by atoms with Crippen LogP contribution in [0.15, 0.2) is 18.2 Å². The van der Waals surface area contributed by atoms with Gasteiger partial charge in [-0.25, -0.2) is 0 Å². The molecule has 3 aliphatic rings. The topological polar surface area (TPSA) is 96.0 Å². The van der Waals surface area contributed by atoms with Crippen molar-refractivity contribution in [3.63, 3.8) is 0 Å². The van der Waals surface area contributed by atoms with Gasteiger partial charge in [-0.05, 0) is 54.7 Å². The van der Waals surface area contributed by atoms with E-state index in [4.69, 9.17) is 14.2 Å². The number of ketones is 1. The fraction of sp³-hybridized carbons (Fsp3) is 0.583. The predicted molar refractivity (Wildman–Crippen MR) is 109 cm³/mol. The molecular formula is C24H28O7. The van der Waals surface area contributed by atoms with Crippen molar-refractivity contribution in [1.29, 1.82) is 0 Å². The molecule has 0 spiro atoms. The molecule has 7 heteroatoms. The Bertz CT molecular complexity index is 951. The van der Waals surface area contributed by atoms with Crippen LogP contribution in [0.4, 0.5) is 0 Å². The lowest BCUT2D eigenvalue weighted by Gasteiger charge is -2.49. The van der Waals surface area contributed by atoms with E-state index >= 15 is 0 Å². The van der Waals surface area contributed by atoms with E-state index in [0.717, 1.165) is 18.4 Å². The summed E-state index contributed by atoms with van der Waals surface area (Å²) in [6.45, 7) is 6.15. The number of fused-ring (bicyclic) bond motifs is 5. The van der Waals surface area contributed by atoms with E-state index in [1.807, 2.05) is 6.07 Å². The van der Waals surface area contributed by atoms with Crippen LogP contribution >= 0.6 is 0 Å². The Morgan fingerprint density at radius 1 is 1.03 bits per heavy atom. The molecule has 2 fully saturated rings. The van der Waals surface area contributed by atoms with Gasteiger partial charge in [0.15, 0.2) is 5.78 Å². The Morgan fingerprint density at radius 2 is 1.74 bits per heavy atom. The van der Waals surface area contributed by atoms with Crippen molar-refractivity contribution in [2.45, 2.75) is 71.5 Å². The van der Waals surface area contributed by atoms with Crippen molar-refractivity contribution < 1.29 is 33.4 Å². The largest absolute Gasteiger partial charge is 0.459 e. The number of carbonyl (C=O) groups is 4. The highest BCUT2D eigenvalue weighted by atomic mass is 16.6. The third-order valence-corrected chi connectivity index (χ3v) is 7.37. The Balaban J connectivity index is 1.67. The van der Waals surface area contributed by atoms with Crippen molar-refractivity contribution in [2.75, 3.05) is 0 Å². The number of rotatable bonds is 3. The molecule has 3 aliphatic carbocycles. The number of benzene rings is 1. The number of ether oxygens (including phenoxy) is 3. The molecule has 1 aromatic carbocycles. The van der Waals surface area contributed by atoms with Crippen molar-refractivity contribution in [3.8, 4) is 5.75 Å². The molecule has 31 heavy (non-hydrogen) atoms. The normalized spacial score (nSPS) is 33.5. The molecule has 0 heterocycles. The van der Waals surface area contributed by atoms with Crippen LogP contribution in [-0.4, -0.2) is 35.9 Å². The monoisotopic (exact) mass is 428 g/mol. The molecule has 2 saturated carbocycles. The second-order valence-electron chi connectivity index (χ2n) is 9.30. The molecule has 0 saturated heterocycles. The Labute approximate surface area is 181 Å². The summed E-state index contributed by atoms with van der Waals surface area (Å²) in [4.78, 5) is 47.9. The van der Waals surface area contributed by atoms with Crippen molar-refractivity contribution in [3.05, 3.63) is 29.3 Å². The average Bonchev–Trinajstić information content (AvgIpc) is 2.93. The molecule has 0 aromatic heterocycles. The van der Waals surface area contributed by atoms with E-state index in [1.54, 1.807) is 12.1 Å². The van der Waals surface area contributed by atoms with Crippen molar-refractivity contribution in [2.24, 2.45) is 17.3 Å². The van der Waals surface area contributed by atoms with E-state index in [-0.39, 0.29) is 29.0 Å². The quantitative estimate of drug-likeness (QED) is 0.536. The number of esters is 3. The molecule has 0 unspecified atom stereocenters.